The average Bonchev–Trinajstić information content (AvgIpc) is 1.36. The van der Waals surface area contributed by atoms with E-state index in [0.29, 0.717) is 0 Å². The molecule has 0 bridgehead atoms. The van der Waals surface area contributed by atoms with Gasteiger partial charge >= 0.3 is 0 Å². The zero-order valence-corrected chi connectivity index (χ0v) is 5.03. The van der Waals surface area contributed by atoms with Gasteiger partial charge in [-0.3, -0.25) is 4.79 Å². The zero-order valence-electron chi connectivity index (χ0n) is 3.44. The van der Waals surface area contributed by atoms with E-state index in [1.54, 1.807) is 6.92 Å². The lowest BCUT2D eigenvalue weighted by Crippen LogP contribution is -2.19. The standard InChI is InChI=1S/C3H6BrNO/c1-2(4)3(5)6/h2H,1H3,(H2,5,6)/t2-/m1/s1. The molecule has 0 aromatic rings. The maximum Gasteiger partial charge on any atom is 0.230 e. The van der Waals surface area contributed by atoms with Crippen molar-refractivity contribution in [3.63, 3.8) is 0 Å². The second-order valence-corrected chi connectivity index (χ2v) is 2.39. The van der Waals surface area contributed by atoms with E-state index >= 15 is 0 Å². The van der Waals surface area contributed by atoms with Crippen LogP contribution >= 0.6 is 15.9 Å². The number of amides is 1. The van der Waals surface area contributed by atoms with E-state index in [2.05, 4.69) is 15.9 Å². The fourth-order valence-electron chi connectivity index (χ4n) is 0. The first-order chi connectivity index (χ1) is 2.64. The van der Waals surface area contributed by atoms with Crippen LogP contribution in [0.25, 0.3) is 0 Å². The molecule has 0 radical (unpaired) electrons. The summed E-state index contributed by atoms with van der Waals surface area (Å²) in [6.07, 6.45) is 0. The van der Waals surface area contributed by atoms with E-state index in [4.69, 9.17) is 5.73 Å². The normalized spacial score (nSPS) is 13.7. The molecule has 2 nitrogen and oxygen atoms in total. The first-order valence-electron chi connectivity index (χ1n) is 1.58. The van der Waals surface area contributed by atoms with Gasteiger partial charge in [-0.2, -0.15) is 0 Å². The van der Waals surface area contributed by atoms with Gasteiger partial charge in [0.25, 0.3) is 0 Å². The minimum atomic E-state index is -0.324. The Morgan fingerprint density at radius 1 is 2.00 bits per heavy atom. The Kier molecular flexibility index (Phi) is 2.16. The Morgan fingerprint density at radius 3 is 2.17 bits per heavy atom. The highest BCUT2D eigenvalue weighted by atomic mass is 79.9. The van der Waals surface area contributed by atoms with Gasteiger partial charge < -0.3 is 5.73 Å². The smallest absolute Gasteiger partial charge is 0.230 e. The minimum absolute atomic E-state index is 0.197. The summed E-state index contributed by atoms with van der Waals surface area (Å²) in [5.74, 6) is -0.324. The Balaban J connectivity index is 3.26. The Morgan fingerprint density at radius 2 is 2.17 bits per heavy atom. The third kappa shape index (κ3) is 2.20. The van der Waals surface area contributed by atoms with Gasteiger partial charge in [0.15, 0.2) is 0 Å². The fourth-order valence-corrected chi connectivity index (χ4v) is 0. The van der Waals surface area contributed by atoms with Gasteiger partial charge in [-0.05, 0) is 6.92 Å². The number of carbonyl (C=O) groups excluding carboxylic acids is 1. The van der Waals surface area contributed by atoms with Gasteiger partial charge in [-0.25, -0.2) is 0 Å². The SMILES string of the molecule is C[C@@H](Br)C(N)=O. The van der Waals surface area contributed by atoms with Crippen LogP contribution in [0.3, 0.4) is 0 Å². The highest BCUT2D eigenvalue weighted by Crippen LogP contribution is 1.92. The van der Waals surface area contributed by atoms with Gasteiger partial charge in [0.1, 0.15) is 0 Å². The largest absolute Gasteiger partial charge is 0.369 e. The topological polar surface area (TPSA) is 43.1 Å². The van der Waals surface area contributed by atoms with Crippen molar-refractivity contribution in [1.29, 1.82) is 0 Å². The lowest BCUT2D eigenvalue weighted by molar-refractivity contribution is -0.117. The van der Waals surface area contributed by atoms with Gasteiger partial charge in [-0.15, -0.1) is 0 Å². The molecule has 0 aliphatic carbocycles. The molecule has 0 aliphatic rings. The third-order valence-electron chi connectivity index (χ3n) is 0.392. The molecule has 1 atom stereocenters. The predicted octanol–water partition coefficient (Wildman–Crippen LogP) is 0.255. The van der Waals surface area contributed by atoms with Crippen LogP contribution in [0, 0.1) is 0 Å². The molecular formula is C3H6BrNO. The summed E-state index contributed by atoms with van der Waals surface area (Å²) in [6.45, 7) is 1.68. The van der Waals surface area contributed by atoms with E-state index in [-0.39, 0.29) is 10.7 Å². The summed E-state index contributed by atoms with van der Waals surface area (Å²) in [4.78, 5) is 9.68. The molecule has 0 rings (SSSR count). The van der Waals surface area contributed by atoms with Crippen LogP contribution in [0.1, 0.15) is 6.92 Å². The number of primary amides is 1. The van der Waals surface area contributed by atoms with E-state index in [1.807, 2.05) is 0 Å². The molecule has 0 aromatic heterocycles. The summed E-state index contributed by atoms with van der Waals surface area (Å²) in [6, 6.07) is 0. The second-order valence-electron chi connectivity index (χ2n) is 1.02. The van der Waals surface area contributed by atoms with Crippen molar-refractivity contribution in [2.45, 2.75) is 11.8 Å². The van der Waals surface area contributed by atoms with Crippen molar-refractivity contribution in [2.75, 3.05) is 0 Å². The lowest BCUT2D eigenvalue weighted by Gasteiger charge is -1.88. The molecule has 0 aliphatic heterocycles. The zero-order chi connectivity index (χ0) is 5.15. The third-order valence-corrected chi connectivity index (χ3v) is 0.843. The summed E-state index contributed by atoms with van der Waals surface area (Å²) in [5, 5.41) is 0. The van der Waals surface area contributed by atoms with Crippen molar-refractivity contribution in [3.05, 3.63) is 0 Å². The molecule has 2 N–H and O–H groups in total. The van der Waals surface area contributed by atoms with Gasteiger partial charge in [-0.1, -0.05) is 15.9 Å². The monoisotopic (exact) mass is 151 g/mol. The van der Waals surface area contributed by atoms with Crippen LogP contribution < -0.4 is 5.73 Å². The number of alkyl halides is 1. The van der Waals surface area contributed by atoms with Crippen molar-refractivity contribution in [2.24, 2.45) is 5.73 Å². The first-order valence-corrected chi connectivity index (χ1v) is 2.49. The number of rotatable bonds is 1. The van der Waals surface area contributed by atoms with Crippen LogP contribution in [0.4, 0.5) is 0 Å². The molecule has 6 heavy (non-hydrogen) atoms. The molecule has 0 saturated heterocycles. The summed E-state index contributed by atoms with van der Waals surface area (Å²) in [7, 11) is 0. The molecule has 1 amide bonds. The highest BCUT2D eigenvalue weighted by Gasteiger charge is 1.98. The molecule has 36 valence electrons. The summed E-state index contributed by atoms with van der Waals surface area (Å²) < 4.78 is 0. The molecule has 0 unspecified atom stereocenters. The Labute approximate surface area is 44.8 Å². The van der Waals surface area contributed by atoms with Gasteiger partial charge in [0, 0.05) is 0 Å². The quantitative estimate of drug-likeness (QED) is 0.538. The first kappa shape index (κ1) is 5.95. The van der Waals surface area contributed by atoms with Gasteiger partial charge in [0.05, 0.1) is 4.83 Å². The van der Waals surface area contributed by atoms with Crippen LogP contribution in [-0.2, 0) is 4.79 Å². The number of halogens is 1. The van der Waals surface area contributed by atoms with E-state index in [9.17, 15) is 4.79 Å². The summed E-state index contributed by atoms with van der Waals surface area (Å²) in [5.41, 5.74) is 4.75. The Hall–Kier alpha value is -0.0500. The van der Waals surface area contributed by atoms with Crippen LogP contribution in [0.15, 0.2) is 0 Å². The molecule has 0 aromatic carbocycles. The minimum Gasteiger partial charge on any atom is -0.369 e. The van der Waals surface area contributed by atoms with Crippen molar-refractivity contribution < 1.29 is 4.79 Å². The van der Waals surface area contributed by atoms with E-state index in [0.717, 1.165) is 0 Å². The lowest BCUT2D eigenvalue weighted by atomic mass is 10.5. The maximum absolute atomic E-state index is 9.87. The van der Waals surface area contributed by atoms with Crippen molar-refractivity contribution in [3.8, 4) is 0 Å². The predicted molar refractivity (Wildman–Crippen MR) is 27.6 cm³/mol. The molecule has 0 saturated carbocycles. The number of hydrogen-bond donors (Lipinski definition) is 1. The van der Waals surface area contributed by atoms with Crippen LogP contribution in [-0.4, -0.2) is 10.7 Å². The Bertz CT molecular complexity index is 61.8. The molecule has 3 heteroatoms. The van der Waals surface area contributed by atoms with Crippen molar-refractivity contribution >= 4 is 21.8 Å². The van der Waals surface area contributed by atoms with Gasteiger partial charge in [0.2, 0.25) is 5.91 Å². The second kappa shape index (κ2) is 2.18. The van der Waals surface area contributed by atoms with Crippen LogP contribution in [0.2, 0.25) is 0 Å². The average molecular weight is 152 g/mol. The number of carbonyl (C=O) groups is 1. The van der Waals surface area contributed by atoms with E-state index < -0.39 is 0 Å². The number of hydrogen-bond acceptors (Lipinski definition) is 1. The molecular weight excluding hydrogens is 146 g/mol. The fraction of sp³-hybridized carbons (Fsp3) is 0.667. The molecule has 0 heterocycles. The summed E-state index contributed by atoms with van der Waals surface area (Å²) >= 11 is 2.96. The maximum atomic E-state index is 9.87. The van der Waals surface area contributed by atoms with Crippen LogP contribution in [0.5, 0.6) is 0 Å². The highest BCUT2D eigenvalue weighted by molar-refractivity contribution is 9.10. The number of nitrogens with two attached hydrogens (primary N) is 1. The van der Waals surface area contributed by atoms with E-state index in [1.165, 1.54) is 0 Å². The molecule has 0 spiro atoms. The molecule has 0 fully saturated rings. The van der Waals surface area contributed by atoms with Crippen molar-refractivity contribution in [1.82, 2.24) is 0 Å².